The van der Waals surface area contributed by atoms with Gasteiger partial charge in [-0.2, -0.15) is 0 Å². The highest BCUT2D eigenvalue weighted by Gasteiger charge is 2.24. The number of anilines is 1. The average Bonchev–Trinajstić information content (AvgIpc) is 3.28. The molecule has 2 heterocycles. The first-order valence-corrected chi connectivity index (χ1v) is 9.95. The maximum atomic E-state index is 12.2. The van der Waals surface area contributed by atoms with Crippen LogP contribution in [0.3, 0.4) is 0 Å². The molecule has 9 heteroatoms. The van der Waals surface area contributed by atoms with E-state index in [1.165, 1.54) is 18.2 Å². The van der Waals surface area contributed by atoms with Crippen molar-refractivity contribution in [3.05, 3.63) is 47.3 Å². The van der Waals surface area contributed by atoms with Gasteiger partial charge in [0.25, 0.3) is 21.8 Å². The fraction of sp³-hybridized carbons (Fsp3) is 0.250. The summed E-state index contributed by atoms with van der Waals surface area (Å²) in [6.07, 6.45) is 1.00. The maximum absolute atomic E-state index is 12.2. The zero-order valence-electron chi connectivity index (χ0n) is 13.1. The Kier molecular flexibility index (Phi) is 5.16. The van der Waals surface area contributed by atoms with Gasteiger partial charge in [-0.15, -0.1) is 11.3 Å². The van der Waals surface area contributed by atoms with Crippen LogP contribution in [0.5, 0.6) is 0 Å². The minimum Gasteiger partial charge on any atom is -0.368 e. The van der Waals surface area contributed by atoms with Crippen LogP contribution in [-0.2, 0) is 19.6 Å². The molecule has 1 fully saturated rings. The molecule has 2 amide bonds. The third-order valence-corrected chi connectivity index (χ3v) is 6.33. The van der Waals surface area contributed by atoms with Crippen LogP contribution < -0.4 is 10.0 Å². The van der Waals surface area contributed by atoms with Gasteiger partial charge in [0.2, 0.25) is 0 Å². The summed E-state index contributed by atoms with van der Waals surface area (Å²) in [6.45, 7) is 0.557. The van der Waals surface area contributed by atoms with Crippen molar-refractivity contribution in [1.82, 2.24) is 4.72 Å². The monoisotopic (exact) mass is 380 g/mol. The molecule has 1 atom stereocenters. The van der Waals surface area contributed by atoms with Crippen LogP contribution in [0.2, 0.25) is 0 Å². The van der Waals surface area contributed by atoms with E-state index in [0.717, 1.165) is 17.8 Å². The number of sulfonamides is 1. The largest absolute Gasteiger partial charge is 0.368 e. The zero-order valence-corrected chi connectivity index (χ0v) is 14.7. The van der Waals surface area contributed by atoms with E-state index in [4.69, 9.17) is 4.74 Å². The second-order valence-corrected chi connectivity index (χ2v) is 8.30. The number of carbonyl (C=O) groups is 2. The first-order chi connectivity index (χ1) is 12.0. The first-order valence-electron chi connectivity index (χ1n) is 7.59. The number of ether oxygens (including phenoxy) is 1. The predicted molar refractivity (Wildman–Crippen MR) is 93.0 cm³/mol. The second-order valence-electron chi connectivity index (χ2n) is 5.44. The lowest BCUT2D eigenvalue weighted by molar-refractivity contribution is -0.124. The Hall–Kier alpha value is -2.23. The van der Waals surface area contributed by atoms with E-state index >= 15 is 0 Å². The van der Waals surface area contributed by atoms with Crippen molar-refractivity contribution in [2.75, 3.05) is 11.9 Å². The molecular formula is C16H16N2O5S2. The fourth-order valence-electron chi connectivity index (χ4n) is 2.39. The van der Waals surface area contributed by atoms with E-state index in [0.29, 0.717) is 18.7 Å². The average molecular weight is 380 g/mol. The van der Waals surface area contributed by atoms with Crippen LogP contribution in [0, 0.1) is 0 Å². The molecule has 1 aromatic heterocycles. The van der Waals surface area contributed by atoms with Crippen molar-refractivity contribution in [2.24, 2.45) is 0 Å². The minimum atomic E-state index is -3.90. The Morgan fingerprint density at radius 3 is 2.72 bits per heavy atom. The summed E-state index contributed by atoms with van der Waals surface area (Å²) in [7, 11) is -3.90. The van der Waals surface area contributed by atoms with E-state index in [1.807, 2.05) is 4.72 Å². The van der Waals surface area contributed by atoms with Crippen molar-refractivity contribution in [3.8, 4) is 0 Å². The molecule has 0 radical (unpaired) electrons. The number of benzene rings is 1. The molecule has 0 bridgehead atoms. The SMILES string of the molecule is O=C(NS(=O)(=O)c1cccs1)c1cccc(NC(=O)[C@@H]2CCCO2)c1. The molecule has 25 heavy (non-hydrogen) atoms. The molecule has 1 aliphatic heterocycles. The molecule has 0 unspecified atom stereocenters. The molecule has 132 valence electrons. The Balaban J connectivity index is 1.70. The van der Waals surface area contributed by atoms with E-state index in [-0.39, 0.29) is 15.7 Å². The van der Waals surface area contributed by atoms with Gasteiger partial charge >= 0.3 is 0 Å². The number of hydrogen-bond acceptors (Lipinski definition) is 6. The molecular weight excluding hydrogens is 364 g/mol. The lowest BCUT2D eigenvalue weighted by Crippen LogP contribution is -2.30. The number of carbonyl (C=O) groups excluding carboxylic acids is 2. The van der Waals surface area contributed by atoms with Crippen molar-refractivity contribution >= 4 is 38.9 Å². The summed E-state index contributed by atoms with van der Waals surface area (Å²) in [4.78, 5) is 24.3. The summed E-state index contributed by atoms with van der Waals surface area (Å²) in [5.41, 5.74) is 0.534. The number of amides is 2. The van der Waals surface area contributed by atoms with Crippen LogP contribution in [-0.4, -0.2) is 32.9 Å². The molecule has 1 aliphatic rings. The van der Waals surface area contributed by atoms with Crippen LogP contribution in [0.1, 0.15) is 23.2 Å². The van der Waals surface area contributed by atoms with Crippen molar-refractivity contribution in [1.29, 1.82) is 0 Å². The first kappa shape index (κ1) is 17.6. The van der Waals surface area contributed by atoms with Gasteiger partial charge in [0.05, 0.1) is 0 Å². The summed E-state index contributed by atoms with van der Waals surface area (Å²) in [6, 6.07) is 9.09. The fourth-order valence-corrected chi connectivity index (χ4v) is 4.36. The highest BCUT2D eigenvalue weighted by Crippen LogP contribution is 2.18. The molecule has 7 nitrogen and oxygen atoms in total. The van der Waals surface area contributed by atoms with Gasteiger partial charge in [0.15, 0.2) is 0 Å². The summed E-state index contributed by atoms with van der Waals surface area (Å²) < 4.78 is 31.6. The quantitative estimate of drug-likeness (QED) is 0.826. The molecule has 0 spiro atoms. The van der Waals surface area contributed by atoms with E-state index in [2.05, 4.69) is 5.32 Å². The molecule has 2 N–H and O–H groups in total. The van der Waals surface area contributed by atoms with Crippen molar-refractivity contribution < 1.29 is 22.7 Å². The van der Waals surface area contributed by atoms with Gasteiger partial charge in [-0.05, 0) is 42.5 Å². The Bertz CT molecular complexity index is 872. The molecule has 1 aromatic carbocycles. The normalized spacial score (nSPS) is 17.2. The third-order valence-electron chi connectivity index (χ3n) is 3.60. The topological polar surface area (TPSA) is 102 Å². The molecule has 1 saturated heterocycles. The van der Waals surface area contributed by atoms with Gasteiger partial charge in [-0.25, -0.2) is 13.1 Å². The number of thiophene rings is 1. The van der Waals surface area contributed by atoms with Gasteiger partial charge in [-0.1, -0.05) is 12.1 Å². The van der Waals surface area contributed by atoms with Gasteiger partial charge in [0.1, 0.15) is 10.3 Å². The zero-order chi connectivity index (χ0) is 17.9. The van der Waals surface area contributed by atoms with Gasteiger partial charge < -0.3 is 10.1 Å². The van der Waals surface area contributed by atoms with Crippen LogP contribution in [0.4, 0.5) is 5.69 Å². The van der Waals surface area contributed by atoms with Crippen molar-refractivity contribution in [2.45, 2.75) is 23.2 Å². The molecule has 0 saturated carbocycles. The highest BCUT2D eigenvalue weighted by atomic mass is 32.2. The number of nitrogens with one attached hydrogen (secondary N) is 2. The van der Waals surface area contributed by atoms with Gasteiger partial charge in [0, 0.05) is 17.9 Å². The summed E-state index contributed by atoms with van der Waals surface area (Å²) >= 11 is 1.02. The number of rotatable bonds is 5. The molecule has 0 aliphatic carbocycles. The minimum absolute atomic E-state index is 0.0590. The lowest BCUT2D eigenvalue weighted by atomic mass is 10.2. The molecule has 3 rings (SSSR count). The second kappa shape index (κ2) is 7.34. The van der Waals surface area contributed by atoms with Crippen molar-refractivity contribution in [3.63, 3.8) is 0 Å². The predicted octanol–water partition coefficient (Wildman–Crippen LogP) is 1.98. The Morgan fingerprint density at radius 2 is 2.04 bits per heavy atom. The van der Waals surface area contributed by atoms with E-state index in [9.17, 15) is 18.0 Å². The summed E-state index contributed by atoms with van der Waals surface area (Å²) in [5, 5.41) is 4.29. The van der Waals surface area contributed by atoms with E-state index in [1.54, 1.807) is 23.6 Å². The smallest absolute Gasteiger partial charge is 0.273 e. The van der Waals surface area contributed by atoms with Crippen LogP contribution in [0.15, 0.2) is 46.0 Å². The van der Waals surface area contributed by atoms with Crippen LogP contribution in [0.25, 0.3) is 0 Å². The highest BCUT2D eigenvalue weighted by molar-refractivity contribution is 7.92. The number of hydrogen-bond donors (Lipinski definition) is 2. The third kappa shape index (κ3) is 4.25. The lowest BCUT2D eigenvalue weighted by Gasteiger charge is -2.11. The Morgan fingerprint density at radius 1 is 1.20 bits per heavy atom. The molecule has 2 aromatic rings. The van der Waals surface area contributed by atoms with E-state index < -0.39 is 22.0 Å². The van der Waals surface area contributed by atoms with Crippen LogP contribution >= 0.6 is 11.3 Å². The Labute approximate surface area is 149 Å². The van der Waals surface area contributed by atoms with Gasteiger partial charge in [-0.3, -0.25) is 9.59 Å². The maximum Gasteiger partial charge on any atom is 0.273 e. The standard InChI is InChI=1S/C16H16N2O5S2/c19-15(18-25(21,22)14-7-3-9-24-14)11-4-1-5-12(10-11)17-16(20)13-6-2-8-23-13/h1,3-5,7,9-10,13H,2,6,8H2,(H,17,20)(H,18,19)/t13-/m0/s1. The summed E-state index contributed by atoms with van der Waals surface area (Å²) in [5.74, 6) is -1.04.